The molecule has 2 rings (SSSR count). The van der Waals surface area contributed by atoms with E-state index in [-0.39, 0.29) is 18.2 Å². The molecule has 0 bridgehead atoms. The monoisotopic (exact) mass is 265 g/mol. The number of furan rings is 1. The molecule has 1 aliphatic rings. The second kappa shape index (κ2) is 5.47. The van der Waals surface area contributed by atoms with E-state index in [1.54, 1.807) is 0 Å². The van der Waals surface area contributed by atoms with Gasteiger partial charge in [-0.05, 0) is 31.7 Å². The molecule has 19 heavy (non-hydrogen) atoms. The first-order valence-corrected chi connectivity index (χ1v) is 6.61. The number of hydrogen-bond donors (Lipinski definition) is 1. The molecule has 0 radical (unpaired) electrons. The van der Waals surface area contributed by atoms with E-state index >= 15 is 0 Å². The lowest BCUT2D eigenvalue weighted by Gasteiger charge is -2.19. The van der Waals surface area contributed by atoms with Crippen molar-refractivity contribution in [1.82, 2.24) is 4.90 Å². The molecule has 1 N–H and O–H groups in total. The first-order valence-electron chi connectivity index (χ1n) is 6.61. The zero-order chi connectivity index (χ0) is 14.0. The van der Waals surface area contributed by atoms with E-state index in [9.17, 15) is 9.59 Å². The van der Waals surface area contributed by atoms with Crippen LogP contribution in [0.5, 0.6) is 0 Å². The zero-order valence-corrected chi connectivity index (χ0v) is 11.3. The van der Waals surface area contributed by atoms with Gasteiger partial charge in [0.1, 0.15) is 12.3 Å². The van der Waals surface area contributed by atoms with E-state index in [4.69, 9.17) is 9.52 Å². The number of aryl methyl sites for hydroxylation is 2. The van der Waals surface area contributed by atoms with Crippen LogP contribution in [0.4, 0.5) is 0 Å². The Hall–Kier alpha value is -1.78. The Labute approximate surface area is 112 Å². The summed E-state index contributed by atoms with van der Waals surface area (Å²) in [7, 11) is 0. The fraction of sp³-hybridized carbons (Fsp3) is 0.571. The smallest absolute Gasteiger partial charge is 0.323 e. The highest BCUT2D eigenvalue weighted by atomic mass is 16.4. The molecule has 104 valence electrons. The van der Waals surface area contributed by atoms with E-state index < -0.39 is 5.97 Å². The lowest BCUT2D eigenvalue weighted by molar-refractivity contribution is -0.137. The molecule has 0 saturated heterocycles. The predicted molar refractivity (Wildman–Crippen MR) is 69.1 cm³/mol. The number of nitrogens with zero attached hydrogens (tertiary/aromatic N) is 1. The average Bonchev–Trinajstić information content (AvgIpc) is 3.08. The molecular formula is C14H19NO4. The van der Waals surface area contributed by atoms with Crippen LogP contribution < -0.4 is 0 Å². The minimum absolute atomic E-state index is 0.267. The number of carboxylic acids is 1. The van der Waals surface area contributed by atoms with Crippen molar-refractivity contribution in [2.45, 2.75) is 33.1 Å². The molecule has 5 nitrogen and oxygen atoms in total. The number of carbonyl (C=O) groups excluding carboxylic acids is 1. The van der Waals surface area contributed by atoms with Crippen LogP contribution in [0.25, 0.3) is 0 Å². The molecule has 1 amide bonds. The molecule has 5 heteroatoms. The Balaban J connectivity index is 2.16. The summed E-state index contributed by atoms with van der Waals surface area (Å²) >= 11 is 0. The van der Waals surface area contributed by atoms with Crippen molar-refractivity contribution in [3.05, 3.63) is 23.2 Å². The van der Waals surface area contributed by atoms with E-state index in [2.05, 4.69) is 0 Å². The van der Waals surface area contributed by atoms with Crippen LogP contribution in [-0.4, -0.2) is 35.0 Å². The standard InChI is InChI=1S/C14H19NO4/c1-3-11-6-9(2)13(19-11)14(18)15(8-12(16)17)7-10-4-5-10/h6,10H,3-5,7-8H2,1-2H3,(H,16,17). The fourth-order valence-corrected chi connectivity index (χ4v) is 2.07. The Morgan fingerprint density at radius 1 is 1.47 bits per heavy atom. The second-order valence-corrected chi connectivity index (χ2v) is 5.10. The highest BCUT2D eigenvalue weighted by Gasteiger charge is 2.30. The summed E-state index contributed by atoms with van der Waals surface area (Å²) in [5.74, 6) is 0.172. The molecule has 1 aromatic rings. The van der Waals surface area contributed by atoms with Gasteiger partial charge in [0.05, 0.1) is 0 Å². The van der Waals surface area contributed by atoms with Crippen molar-refractivity contribution in [2.24, 2.45) is 5.92 Å². The zero-order valence-electron chi connectivity index (χ0n) is 11.3. The van der Waals surface area contributed by atoms with Crippen LogP contribution in [0.3, 0.4) is 0 Å². The maximum Gasteiger partial charge on any atom is 0.323 e. The van der Waals surface area contributed by atoms with Crippen LogP contribution >= 0.6 is 0 Å². The van der Waals surface area contributed by atoms with Crippen LogP contribution in [0.2, 0.25) is 0 Å². The van der Waals surface area contributed by atoms with Crippen molar-refractivity contribution in [3.8, 4) is 0 Å². The first kappa shape index (κ1) is 13.6. The van der Waals surface area contributed by atoms with Gasteiger partial charge in [-0.25, -0.2) is 0 Å². The number of rotatable bonds is 6. The maximum absolute atomic E-state index is 12.4. The van der Waals surface area contributed by atoms with Crippen molar-refractivity contribution in [3.63, 3.8) is 0 Å². The minimum Gasteiger partial charge on any atom is -0.480 e. The molecule has 1 heterocycles. The van der Waals surface area contributed by atoms with E-state index in [1.165, 1.54) is 4.90 Å². The number of amides is 1. The van der Waals surface area contributed by atoms with Crippen LogP contribution in [0, 0.1) is 12.8 Å². The number of carbonyl (C=O) groups is 2. The van der Waals surface area contributed by atoms with Crippen LogP contribution in [0.15, 0.2) is 10.5 Å². The second-order valence-electron chi connectivity index (χ2n) is 5.10. The summed E-state index contributed by atoms with van der Waals surface area (Å²) in [4.78, 5) is 24.6. The van der Waals surface area contributed by atoms with E-state index in [1.807, 2.05) is 19.9 Å². The third-order valence-electron chi connectivity index (χ3n) is 3.30. The molecule has 0 unspecified atom stereocenters. The quantitative estimate of drug-likeness (QED) is 0.855. The lowest BCUT2D eigenvalue weighted by Crippen LogP contribution is -2.37. The molecule has 1 fully saturated rings. The van der Waals surface area contributed by atoms with Crippen LogP contribution in [-0.2, 0) is 11.2 Å². The number of carboxylic acid groups (broad SMARTS) is 1. The normalized spacial score (nSPS) is 14.4. The molecule has 1 saturated carbocycles. The van der Waals surface area contributed by atoms with E-state index in [0.29, 0.717) is 12.5 Å². The lowest BCUT2D eigenvalue weighted by atomic mass is 10.2. The molecule has 0 spiro atoms. The van der Waals surface area contributed by atoms with E-state index in [0.717, 1.165) is 30.6 Å². The molecule has 1 aromatic heterocycles. The van der Waals surface area contributed by atoms with Crippen LogP contribution in [0.1, 0.15) is 41.6 Å². The molecule has 0 aromatic carbocycles. The van der Waals surface area contributed by atoms with Gasteiger partial charge in [0.25, 0.3) is 5.91 Å². The Kier molecular flexibility index (Phi) is 3.93. The molecule has 0 atom stereocenters. The van der Waals surface area contributed by atoms with Gasteiger partial charge in [-0.15, -0.1) is 0 Å². The molecule has 0 aliphatic heterocycles. The minimum atomic E-state index is -0.992. The Bertz CT molecular complexity index is 488. The fourth-order valence-electron chi connectivity index (χ4n) is 2.07. The van der Waals surface area contributed by atoms with Crippen molar-refractivity contribution >= 4 is 11.9 Å². The number of hydrogen-bond acceptors (Lipinski definition) is 3. The Morgan fingerprint density at radius 2 is 2.16 bits per heavy atom. The maximum atomic E-state index is 12.4. The topological polar surface area (TPSA) is 70.8 Å². The van der Waals surface area contributed by atoms with Gasteiger partial charge in [0.15, 0.2) is 5.76 Å². The highest BCUT2D eigenvalue weighted by molar-refractivity contribution is 5.94. The van der Waals surface area contributed by atoms with Gasteiger partial charge in [-0.2, -0.15) is 0 Å². The van der Waals surface area contributed by atoms with Gasteiger partial charge in [-0.1, -0.05) is 6.92 Å². The van der Waals surface area contributed by atoms with Gasteiger partial charge >= 0.3 is 5.97 Å². The highest BCUT2D eigenvalue weighted by Crippen LogP contribution is 2.30. The van der Waals surface area contributed by atoms with Gasteiger partial charge in [-0.3, -0.25) is 9.59 Å². The SMILES string of the molecule is CCc1cc(C)c(C(=O)N(CC(=O)O)CC2CC2)o1. The average molecular weight is 265 g/mol. The van der Waals surface area contributed by atoms with Crippen molar-refractivity contribution < 1.29 is 19.1 Å². The largest absolute Gasteiger partial charge is 0.480 e. The third-order valence-corrected chi connectivity index (χ3v) is 3.30. The third kappa shape index (κ3) is 3.36. The number of aliphatic carboxylic acids is 1. The Morgan fingerprint density at radius 3 is 2.63 bits per heavy atom. The summed E-state index contributed by atoms with van der Waals surface area (Å²) < 4.78 is 5.51. The molecule has 1 aliphatic carbocycles. The van der Waals surface area contributed by atoms with Crippen molar-refractivity contribution in [1.29, 1.82) is 0 Å². The summed E-state index contributed by atoms with van der Waals surface area (Å²) in [6, 6.07) is 1.84. The summed E-state index contributed by atoms with van der Waals surface area (Å²) in [6.45, 7) is 4.00. The van der Waals surface area contributed by atoms with Crippen molar-refractivity contribution in [2.75, 3.05) is 13.1 Å². The molecular weight excluding hydrogens is 246 g/mol. The summed E-state index contributed by atoms with van der Waals surface area (Å²) in [5, 5.41) is 8.91. The van der Waals surface area contributed by atoms with Gasteiger partial charge in [0.2, 0.25) is 0 Å². The predicted octanol–water partition coefficient (Wildman–Crippen LogP) is 2.09. The first-order chi connectivity index (χ1) is 9.01. The summed E-state index contributed by atoms with van der Waals surface area (Å²) in [5.41, 5.74) is 0.771. The van der Waals surface area contributed by atoms with Gasteiger partial charge in [0, 0.05) is 18.5 Å². The van der Waals surface area contributed by atoms with Gasteiger partial charge < -0.3 is 14.4 Å². The summed E-state index contributed by atoms with van der Waals surface area (Å²) in [6.07, 6.45) is 2.86.